The van der Waals surface area contributed by atoms with Gasteiger partial charge in [0.1, 0.15) is 17.1 Å². The van der Waals surface area contributed by atoms with Gasteiger partial charge in [0.15, 0.2) is 6.10 Å². The van der Waals surface area contributed by atoms with Crippen molar-refractivity contribution >= 4 is 17.9 Å². The van der Waals surface area contributed by atoms with Crippen LogP contribution in [0.2, 0.25) is 0 Å². The van der Waals surface area contributed by atoms with Crippen molar-refractivity contribution in [2.24, 2.45) is 0 Å². The topological polar surface area (TPSA) is 126 Å². The van der Waals surface area contributed by atoms with Crippen LogP contribution in [0.4, 0.5) is 4.79 Å². The Labute approximate surface area is 164 Å². The molecule has 1 aromatic rings. The summed E-state index contributed by atoms with van der Waals surface area (Å²) in [5.74, 6) is 0.000321. The minimum Gasteiger partial charge on any atom is -0.508 e. The summed E-state index contributed by atoms with van der Waals surface area (Å²) in [5, 5.41) is 17.0. The monoisotopic (exact) mass is 395 g/mol. The highest BCUT2D eigenvalue weighted by atomic mass is 16.6. The third kappa shape index (κ3) is 10.2. The maximum atomic E-state index is 12.0. The van der Waals surface area contributed by atoms with Crippen LogP contribution >= 0.6 is 0 Å². The molecule has 0 bridgehead atoms. The van der Waals surface area contributed by atoms with Gasteiger partial charge >= 0.3 is 6.09 Å². The molecule has 1 rings (SSSR count). The molecule has 0 heterocycles. The van der Waals surface area contributed by atoms with E-state index in [1.165, 1.54) is 12.1 Å². The Balaban J connectivity index is 2.14. The Bertz CT molecular complexity index is 655. The van der Waals surface area contributed by atoms with Crippen LogP contribution < -0.4 is 20.7 Å². The predicted molar refractivity (Wildman–Crippen MR) is 103 cm³/mol. The number of phenolic OH excluding ortho intramolecular Hbond substituents is 1. The van der Waals surface area contributed by atoms with E-state index in [-0.39, 0.29) is 43.6 Å². The fourth-order valence-electron chi connectivity index (χ4n) is 1.99. The molecule has 28 heavy (non-hydrogen) atoms. The van der Waals surface area contributed by atoms with Gasteiger partial charge in [0.05, 0.1) is 0 Å². The molecule has 0 aliphatic rings. The largest absolute Gasteiger partial charge is 0.508 e. The molecule has 0 aliphatic carbocycles. The van der Waals surface area contributed by atoms with Crippen LogP contribution in [0.25, 0.3) is 0 Å². The first kappa shape index (κ1) is 23.1. The molecule has 156 valence electrons. The van der Waals surface area contributed by atoms with Gasteiger partial charge in [0.2, 0.25) is 5.91 Å². The fourth-order valence-corrected chi connectivity index (χ4v) is 1.99. The number of carbonyl (C=O) groups excluding carboxylic acids is 3. The fraction of sp³-hybridized carbons (Fsp3) is 0.526. The second-order valence-corrected chi connectivity index (χ2v) is 7.07. The molecule has 9 heteroatoms. The number of alkyl carbamates (subject to hydrolysis) is 1. The SMILES string of the molecule is CC(Oc1ccc(O)cc1)C(=O)NCCNC(=O)CCNC(=O)OC(C)(C)C. The highest BCUT2D eigenvalue weighted by Crippen LogP contribution is 2.17. The predicted octanol–water partition coefficient (Wildman–Crippen LogP) is 1.31. The van der Waals surface area contributed by atoms with Crippen LogP contribution in [0.5, 0.6) is 11.5 Å². The molecule has 1 unspecified atom stereocenters. The summed E-state index contributed by atoms with van der Waals surface area (Å²) in [7, 11) is 0. The van der Waals surface area contributed by atoms with Gasteiger partial charge in [0.25, 0.3) is 5.91 Å². The van der Waals surface area contributed by atoms with E-state index in [1.54, 1.807) is 39.8 Å². The highest BCUT2D eigenvalue weighted by Gasteiger charge is 2.16. The molecule has 0 saturated carbocycles. The minimum absolute atomic E-state index is 0.105. The molecule has 0 saturated heterocycles. The first-order chi connectivity index (χ1) is 13.1. The zero-order chi connectivity index (χ0) is 21.2. The van der Waals surface area contributed by atoms with Crippen molar-refractivity contribution in [2.75, 3.05) is 19.6 Å². The van der Waals surface area contributed by atoms with Gasteiger partial charge in [-0.25, -0.2) is 4.79 Å². The summed E-state index contributed by atoms with van der Waals surface area (Å²) in [6, 6.07) is 6.05. The van der Waals surface area contributed by atoms with E-state index in [0.29, 0.717) is 5.75 Å². The number of ether oxygens (including phenoxy) is 2. The third-order valence-corrected chi connectivity index (χ3v) is 3.29. The van der Waals surface area contributed by atoms with Crippen molar-refractivity contribution in [3.05, 3.63) is 24.3 Å². The molecular formula is C19H29N3O6. The number of aromatic hydroxyl groups is 1. The average molecular weight is 395 g/mol. The summed E-state index contributed by atoms with van der Waals surface area (Å²) in [4.78, 5) is 35.1. The molecule has 1 aromatic carbocycles. The van der Waals surface area contributed by atoms with Gasteiger partial charge in [-0.05, 0) is 52.0 Å². The number of amides is 3. The lowest BCUT2D eigenvalue weighted by Crippen LogP contribution is -2.41. The van der Waals surface area contributed by atoms with Crippen molar-refractivity contribution in [2.45, 2.75) is 45.8 Å². The molecule has 0 aromatic heterocycles. The number of benzene rings is 1. The standard InChI is InChI=1S/C19H29N3O6/c1-13(27-15-7-5-14(23)6-8-15)17(25)21-12-11-20-16(24)9-10-22-18(26)28-19(2,3)4/h5-8,13,23H,9-12H2,1-4H3,(H,20,24)(H,21,25)(H,22,26). The van der Waals surface area contributed by atoms with Crippen LogP contribution in [0, 0.1) is 0 Å². The van der Waals surface area contributed by atoms with Crippen molar-refractivity contribution in [3.8, 4) is 11.5 Å². The molecule has 0 radical (unpaired) electrons. The van der Waals surface area contributed by atoms with Gasteiger partial charge in [-0.15, -0.1) is 0 Å². The molecule has 9 nitrogen and oxygen atoms in total. The Morgan fingerprint density at radius 2 is 1.61 bits per heavy atom. The molecular weight excluding hydrogens is 366 g/mol. The van der Waals surface area contributed by atoms with Crippen LogP contribution in [0.1, 0.15) is 34.1 Å². The molecule has 0 fully saturated rings. The van der Waals surface area contributed by atoms with E-state index in [4.69, 9.17) is 9.47 Å². The van der Waals surface area contributed by atoms with Crippen molar-refractivity contribution in [1.82, 2.24) is 16.0 Å². The third-order valence-electron chi connectivity index (χ3n) is 3.29. The van der Waals surface area contributed by atoms with Gasteiger partial charge in [0, 0.05) is 26.1 Å². The van der Waals surface area contributed by atoms with Crippen LogP contribution in [-0.2, 0) is 14.3 Å². The maximum absolute atomic E-state index is 12.0. The lowest BCUT2D eigenvalue weighted by molar-refractivity contribution is -0.127. The molecule has 3 amide bonds. The van der Waals surface area contributed by atoms with E-state index in [1.807, 2.05) is 0 Å². The molecule has 4 N–H and O–H groups in total. The normalized spacial score (nSPS) is 11.9. The second-order valence-electron chi connectivity index (χ2n) is 7.07. The number of hydrogen-bond donors (Lipinski definition) is 4. The number of carbonyl (C=O) groups is 3. The van der Waals surface area contributed by atoms with E-state index in [2.05, 4.69) is 16.0 Å². The molecule has 1 atom stereocenters. The number of phenols is 1. The second kappa shape index (κ2) is 11.0. The number of rotatable bonds is 9. The number of hydrogen-bond acceptors (Lipinski definition) is 6. The van der Waals surface area contributed by atoms with Gasteiger partial charge in [-0.1, -0.05) is 0 Å². The van der Waals surface area contributed by atoms with E-state index < -0.39 is 17.8 Å². The van der Waals surface area contributed by atoms with Gasteiger partial charge < -0.3 is 30.5 Å². The van der Waals surface area contributed by atoms with Crippen molar-refractivity contribution < 1.29 is 29.0 Å². The van der Waals surface area contributed by atoms with Crippen molar-refractivity contribution in [1.29, 1.82) is 0 Å². The summed E-state index contributed by atoms with van der Waals surface area (Å²) in [6.45, 7) is 7.52. The van der Waals surface area contributed by atoms with Crippen LogP contribution in [0.3, 0.4) is 0 Å². The van der Waals surface area contributed by atoms with Crippen LogP contribution in [-0.4, -0.2) is 54.4 Å². The van der Waals surface area contributed by atoms with E-state index >= 15 is 0 Å². The van der Waals surface area contributed by atoms with E-state index in [0.717, 1.165) is 0 Å². The van der Waals surface area contributed by atoms with Gasteiger partial charge in [-0.3, -0.25) is 9.59 Å². The summed E-state index contributed by atoms with van der Waals surface area (Å²) in [5.41, 5.74) is -0.590. The summed E-state index contributed by atoms with van der Waals surface area (Å²) >= 11 is 0. The maximum Gasteiger partial charge on any atom is 0.407 e. The smallest absolute Gasteiger partial charge is 0.407 e. The highest BCUT2D eigenvalue weighted by molar-refractivity contribution is 5.81. The quantitative estimate of drug-likeness (QED) is 0.467. The first-order valence-corrected chi connectivity index (χ1v) is 9.04. The molecule has 0 spiro atoms. The lowest BCUT2D eigenvalue weighted by atomic mass is 10.2. The first-order valence-electron chi connectivity index (χ1n) is 9.04. The van der Waals surface area contributed by atoms with Crippen LogP contribution in [0.15, 0.2) is 24.3 Å². The van der Waals surface area contributed by atoms with Gasteiger partial charge in [-0.2, -0.15) is 0 Å². The Morgan fingerprint density at radius 1 is 1.00 bits per heavy atom. The Morgan fingerprint density at radius 3 is 2.21 bits per heavy atom. The molecule has 0 aliphatic heterocycles. The lowest BCUT2D eigenvalue weighted by Gasteiger charge is -2.19. The Hall–Kier alpha value is -2.97. The minimum atomic E-state index is -0.724. The zero-order valence-electron chi connectivity index (χ0n) is 16.7. The zero-order valence-corrected chi connectivity index (χ0v) is 16.7. The van der Waals surface area contributed by atoms with Crippen molar-refractivity contribution in [3.63, 3.8) is 0 Å². The summed E-state index contributed by atoms with van der Waals surface area (Å²) in [6.07, 6.45) is -1.19. The van der Waals surface area contributed by atoms with E-state index in [9.17, 15) is 19.5 Å². The number of nitrogens with one attached hydrogen (secondary N) is 3. The summed E-state index contributed by atoms with van der Waals surface area (Å²) < 4.78 is 10.5. The average Bonchev–Trinajstić information content (AvgIpc) is 2.58. The Kier molecular flexibility index (Phi) is 9.07.